The summed E-state index contributed by atoms with van der Waals surface area (Å²) in [5, 5.41) is 13.6. The number of aliphatic hydroxyl groups excluding tert-OH is 1. The van der Waals surface area contributed by atoms with Crippen LogP contribution in [0.4, 0.5) is 0 Å². The minimum Gasteiger partial charge on any atom is -0.387 e. The molecule has 3 N–H and O–H groups in total. The van der Waals surface area contributed by atoms with Crippen molar-refractivity contribution in [3.63, 3.8) is 0 Å². The normalized spacial score (nSPS) is 15.5. The van der Waals surface area contributed by atoms with Crippen LogP contribution in [0.15, 0.2) is 97.2 Å². The fourth-order valence-corrected chi connectivity index (χ4v) is 5.58. The molecule has 0 radical (unpaired) electrons. The van der Waals surface area contributed by atoms with Gasteiger partial charge in [0, 0.05) is 6.42 Å². The standard InChI is InChI=1S/C44H75N2O6P/c1-6-8-10-12-14-15-16-17-18-19-20-21-22-23-24-25-26-27-28-29-30-31-32-34-36-38-44(48)45-42(43(47)37-35-33-13-11-9-7-2)41-52-53(49,50)51-40-39-46(3,4)5/h8,10,14-15,17-18,20-21,23-24,26-27,29-30,35,37,42-43,47H,6-7,9,11-13,16,19,22,25,28,31-34,36,38-41H2,1-5H3,(H-,45,48,49,50)/p+1/b10-8-,15-14-,18-17-,21-20-,24-23-,27-26-,30-29-,37-35+. The van der Waals surface area contributed by atoms with Gasteiger partial charge in [0.1, 0.15) is 13.2 Å². The number of allylic oxidation sites excluding steroid dienone is 15. The number of phosphoric ester groups is 1. The molecule has 9 heteroatoms. The number of likely N-dealkylation sites (N-methyl/N-ethyl adjacent to an activating group) is 1. The minimum absolute atomic E-state index is 0.0478. The molecule has 0 rings (SSSR count). The maximum atomic E-state index is 12.7. The Morgan fingerprint density at radius 3 is 1.62 bits per heavy atom. The van der Waals surface area contributed by atoms with Crippen molar-refractivity contribution in [3.8, 4) is 0 Å². The highest BCUT2D eigenvalue weighted by atomic mass is 31.2. The third kappa shape index (κ3) is 37.5. The van der Waals surface area contributed by atoms with Crippen molar-refractivity contribution in [1.29, 1.82) is 0 Å². The molecule has 0 aliphatic heterocycles. The van der Waals surface area contributed by atoms with Gasteiger partial charge in [-0.2, -0.15) is 0 Å². The summed E-state index contributed by atoms with van der Waals surface area (Å²) in [5.41, 5.74) is 0. The molecule has 0 saturated heterocycles. The second-order valence-corrected chi connectivity index (χ2v) is 15.7. The Morgan fingerprint density at radius 1 is 0.660 bits per heavy atom. The lowest BCUT2D eigenvalue weighted by atomic mass is 10.1. The molecule has 0 heterocycles. The van der Waals surface area contributed by atoms with Crippen LogP contribution in [-0.2, 0) is 18.4 Å². The highest BCUT2D eigenvalue weighted by Gasteiger charge is 2.27. The number of hydrogen-bond acceptors (Lipinski definition) is 5. The van der Waals surface area contributed by atoms with Crippen molar-refractivity contribution < 1.29 is 32.9 Å². The van der Waals surface area contributed by atoms with E-state index < -0.39 is 20.0 Å². The Morgan fingerprint density at radius 2 is 1.13 bits per heavy atom. The first-order valence-corrected chi connectivity index (χ1v) is 21.6. The SMILES string of the molecule is CC/C=C\C/C=C\C/C=C\C/C=C\C/C=C\C/C=C\C/C=C\CCCCCC(=O)NC(COP(=O)(O)OCC[N+](C)(C)C)C(O)/C=C/CCCCCC. The van der Waals surface area contributed by atoms with Gasteiger partial charge < -0.3 is 19.8 Å². The number of amides is 1. The van der Waals surface area contributed by atoms with E-state index in [1.807, 2.05) is 27.2 Å². The Hall–Kier alpha value is -2.58. The molecule has 3 unspecified atom stereocenters. The van der Waals surface area contributed by atoms with Crippen molar-refractivity contribution in [2.24, 2.45) is 0 Å². The lowest BCUT2D eigenvalue weighted by Gasteiger charge is -2.25. The number of phosphoric acid groups is 1. The van der Waals surface area contributed by atoms with Gasteiger partial charge in [-0.3, -0.25) is 13.8 Å². The van der Waals surface area contributed by atoms with Gasteiger partial charge in [0.25, 0.3) is 0 Å². The first-order chi connectivity index (χ1) is 25.5. The Kier molecular flexibility index (Phi) is 33.4. The zero-order chi connectivity index (χ0) is 39.3. The third-order valence-electron chi connectivity index (χ3n) is 8.06. The van der Waals surface area contributed by atoms with Crippen LogP contribution in [0.1, 0.15) is 123 Å². The van der Waals surface area contributed by atoms with Gasteiger partial charge in [-0.25, -0.2) is 4.57 Å². The second kappa shape index (κ2) is 35.1. The lowest BCUT2D eigenvalue weighted by molar-refractivity contribution is -0.870. The van der Waals surface area contributed by atoms with Gasteiger partial charge in [-0.1, -0.05) is 137 Å². The molecule has 0 aromatic rings. The topological polar surface area (TPSA) is 105 Å². The number of nitrogens with zero attached hydrogens (tertiary/aromatic N) is 1. The van der Waals surface area contributed by atoms with Gasteiger partial charge in [0.2, 0.25) is 5.91 Å². The number of unbranched alkanes of at least 4 members (excludes halogenated alkanes) is 7. The highest BCUT2D eigenvalue weighted by Crippen LogP contribution is 2.43. The van der Waals surface area contributed by atoms with Crippen LogP contribution in [0.25, 0.3) is 0 Å². The van der Waals surface area contributed by atoms with Crippen LogP contribution in [-0.4, -0.2) is 73.4 Å². The smallest absolute Gasteiger partial charge is 0.387 e. The van der Waals surface area contributed by atoms with Gasteiger partial charge in [0.05, 0.1) is 39.9 Å². The summed E-state index contributed by atoms with van der Waals surface area (Å²) in [6.07, 6.45) is 49.4. The molecular weight excluding hydrogens is 683 g/mol. The summed E-state index contributed by atoms with van der Waals surface area (Å²) in [7, 11) is 1.52. The van der Waals surface area contributed by atoms with Crippen LogP contribution in [0.3, 0.4) is 0 Å². The summed E-state index contributed by atoms with van der Waals surface area (Å²) >= 11 is 0. The number of nitrogens with one attached hydrogen (secondary N) is 1. The Bertz CT molecular complexity index is 1180. The summed E-state index contributed by atoms with van der Waals surface area (Å²) in [4.78, 5) is 22.9. The predicted octanol–water partition coefficient (Wildman–Crippen LogP) is 10.8. The molecule has 0 saturated carbocycles. The number of carbonyl (C=O) groups excluding carboxylic acids is 1. The fraction of sp³-hybridized carbons (Fsp3) is 0.614. The van der Waals surface area contributed by atoms with E-state index in [0.717, 1.165) is 96.3 Å². The van der Waals surface area contributed by atoms with Crippen LogP contribution in [0.2, 0.25) is 0 Å². The lowest BCUT2D eigenvalue weighted by Crippen LogP contribution is -2.45. The van der Waals surface area contributed by atoms with E-state index in [1.54, 1.807) is 6.08 Å². The molecule has 8 nitrogen and oxygen atoms in total. The molecule has 0 aromatic carbocycles. The molecule has 302 valence electrons. The third-order valence-corrected chi connectivity index (χ3v) is 9.04. The monoisotopic (exact) mass is 760 g/mol. The first kappa shape index (κ1) is 50.4. The molecule has 0 bridgehead atoms. The van der Waals surface area contributed by atoms with Crippen molar-refractivity contribution >= 4 is 13.7 Å². The molecular formula is C44H76N2O6P+. The number of quaternary nitrogens is 1. The largest absolute Gasteiger partial charge is 0.472 e. The zero-order valence-corrected chi connectivity index (χ0v) is 34.9. The molecule has 0 spiro atoms. The predicted molar refractivity (Wildman–Crippen MR) is 226 cm³/mol. The second-order valence-electron chi connectivity index (χ2n) is 14.3. The molecule has 3 atom stereocenters. The van der Waals surface area contributed by atoms with Gasteiger partial charge >= 0.3 is 7.82 Å². The molecule has 0 aromatic heterocycles. The van der Waals surface area contributed by atoms with Crippen LogP contribution >= 0.6 is 7.82 Å². The summed E-state index contributed by atoms with van der Waals surface area (Å²) < 4.78 is 23.3. The summed E-state index contributed by atoms with van der Waals surface area (Å²) in [6, 6.07) is -0.867. The average Bonchev–Trinajstić information content (AvgIpc) is 3.10. The van der Waals surface area contributed by atoms with E-state index in [2.05, 4.69) is 104 Å². The molecule has 0 aliphatic carbocycles. The van der Waals surface area contributed by atoms with Crippen LogP contribution < -0.4 is 5.32 Å². The van der Waals surface area contributed by atoms with Crippen molar-refractivity contribution in [3.05, 3.63) is 97.2 Å². The van der Waals surface area contributed by atoms with E-state index in [9.17, 15) is 19.4 Å². The number of carbonyl (C=O) groups is 1. The summed E-state index contributed by atoms with van der Waals surface area (Å²) in [6.45, 7) is 4.54. The van der Waals surface area contributed by atoms with E-state index in [1.165, 1.54) is 6.42 Å². The summed E-state index contributed by atoms with van der Waals surface area (Å²) in [5.74, 6) is -0.221. The van der Waals surface area contributed by atoms with E-state index in [0.29, 0.717) is 17.4 Å². The fourth-order valence-electron chi connectivity index (χ4n) is 4.84. The number of hydrogen-bond donors (Lipinski definition) is 3. The Labute approximate surface area is 324 Å². The highest BCUT2D eigenvalue weighted by molar-refractivity contribution is 7.47. The van der Waals surface area contributed by atoms with E-state index >= 15 is 0 Å². The van der Waals surface area contributed by atoms with E-state index in [-0.39, 0.29) is 19.1 Å². The van der Waals surface area contributed by atoms with Gasteiger partial charge in [0.15, 0.2) is 0 Å². The maximum Gasteiger partial charge on any atom is 0.472 e. The zero-order valence-electron chi connectivity index (χ0n) is 34.0. The van der Waals surface area contributed by atoms with Gasteiger partial charge in [-0.15, -0.1) is 0 Å². The number of aliphatic hydroxyl groups is 1. The molecule has 0 aliphatic rings. The Balaban J connectivity index is 4.33. The first-order valence-electron chi connectivity index (χ1n) is 20.1. The van der Waals surface area contributed by atoms with E-state index in [4.69, 9.17) is 9.05 Å². The maximum absolute atomic E-state index is 12.7. The van der Waals surface area contributed by atoms with Crippen molar-refractivity contribution in [2.45, 2.75) is 135 Å². The molecule has 0 fully saturated rings. The molecule has 53 heavy (non-hydrogen) atoms. The average molecular weight is 760 g/mol. The van der Waals surface area contributed by atoms with Crippen LogP contribution in [0, 0.1) is 0 Å². The van der Waals surface area contributed by atoms with Crippen molar-refractivity contribution in [1.82, 2.24) is 5.32 Å². The van der Waals surface area contributed by atoms with Crippen molar-refractivity contribution in [2.75, 3.05) is 40.9 Å². The van der Waals surface area contributed by atoms with Crippen LogP contribution in [0.5, 0.6) is 0 Å². The number of rotatable bonds is 34. The minimum atomic E-state index is -4.34. The van der Waals surface area contributed by atoms with Gasteiger partial charge in [-0.05, 0) is 77.0 Å². The molecule has 1 amide bonds. The quantitative estimate of drug-likeness (QED) is 0.0261.